The lowest BCUT2D eigenvalue weighted by atomic mass is 9.93. The lowest BCUT2D eigenvalue weighted by Gasteiger charge is -2.13. The first-order chi connectivity index (χ1) is 15.7. The number of ether oxygens (including phenoxy) is 1. The van der Waals surface area contributed by atoms with Gasteiger partial charge in [0.15, 0.2) is 5.82 Å². The van der Waals surface area contributed by atoms with Crippen LogP contribution in [-0.2, 0) is 11.8 Å². The van der Waals surface area contributed by atoms with Crippen molar-refractivity contribution in [3.63, 3.8) is 0 Å². The number of nitrogens with zero attached hydrogens (tertiary/aromatic N) is 3. The fraction of sp³-hybridized carbons (Fsp3) is 0.269. The first-order valence-corrected chi connectivity index (χ1v) is 10.9. The highest BCUT2D eigenvalue weighted by molar-refractivity contribution is 5.85. The molecule has 0 aliphatic rings. The molecular formula is C26H29N5O2. The summed E-state index contributed by atoms with van der Waals surface area (Å²) in [5.74, 6) is 3.14. The molecule has 0 fully saturated rings. The summed E-state index contributed by atoms with van der Waals surface area (Å²) in [6, 6.07) is 13.7. The van der Waals surface area contributed by atoms with Crippen LogP contribution in [0.25, 0.3) is 10.9 Å². The van der Waals surface area contributed by atoms with Crippen LogP contribution in [0.5, 0.6) is 11.6 Å². The molecule has 0 spiro atoms. The van der Waals surface area contributed by atoms with Crippen molar-refractivity contribution in [1.82, 2.24) is 15.1 Å². The van der Waals surface area contributed by atoms with Crippen LogP contribution in [0.1, 0.15) is 44.6 Å². The van der Waals surface area contributed by atoms with Gasteiger partial charge in [-0.05, 0) is 48.7 Å². The van der Waals surface area contributed by atoms with Crippen LogP contribution < -0.4 is 15.4 Å². The van der Waals surface area contributed by atoms with E-state index in [1.165, 1.54) is 17.5 Å². The van der Waals surface area contributed by atoms with Gasteiger partial charge in [0.2, 0.25) is 5.88 Å². The van der Waals surface area contributed by atoms with Crippen LogP contribution in [0.2, 0.25) is 0 Å². The van der Waals surface area contributed by atoms with Crippen molar-refractivity contribution in [2.24, 2.45) is 0 Å². The van der Waals surface area contributed by atoms with Crippen molar-refractivity contribution >= 4 is 22.4 Å². The van der Waals surface area contributed by atoms with Gasteiger partial charge in [-0.25, -0.2) is 9.97 Å². The summed E-state index contributed by atoms with van der Waals surface area (Å²) in [6.07, 6.45) is 2.47. The molecule has 33 heavy (non-hydrogen) atoms. The molecule has 7 heteroatoms. The van der Waals surface area contributed by atoms with Gasteiger partial charge >= 0.3 is 0 Å². The Morgan fingerprint density at radius 3 is 2.64 bits per heavy atom. The van der Waals surface area contributed by atoms with Gasteiger partial charge in [-0.3, -0.25) is 0 Å². The molecule has 2 aromatic heterocycles. The quantitative estimate of drug-likeness (QED) is 0.334. The standard InChI is InChI=1S/C26H29N5O2/c1-7-18-12-21-22(11-16(18)2)27-15-28-25(21)32-20-10-8-9-19(13-20)29-17(3)30-24-14-23(33-31-24)26(4,5)6/h8-15,29H,3,7H2,1-2,4-6H3,(H,30,31). The highest BCUT2D eigenvalue weighted by Gasteiger charge is 2.19. The molecule has 0 unspecified atom stereocenters. The molecule has 4 aromatic rings. The van der Waals surface area contributed by atoms with Gasteiger partial charge in [0.05, 0.1) is 10.9 Å². The van der Waals surface area contributed by atoms with E-state index in [2.05, 4.69) is 79.1 Å². The molecule has 0 amide bonds. The maximum atomic E-state index is 6.14. The molecule has 2 N–H and O–H groups in total. The van der Waals surface area contributed by atoms with Gasteiger partial charge in [-0.15, -0.1) is 0 Å². The van der Waals surface area contributed by atoms with Crippen molar-refractivity contribution in [3.05, 3.63) is 78.1 Å². The van der Waals surface area contributed by atoms with Gasteiger partial charge in [0.1, 0.15) is 23.7 Å². The second-order valence-corrected chi connectivity index (χ2v) is 9.01. The van der Waals surface area contributed by atoms with Crippen molar-refractivity contribution in [1.29, 1.82) is 0 Å². The van der Waals surface area contributed by atoms with Crippen LogP contribution in [0.3, 0.4) is 0 Å². The van der Waals surface area contributed by atoms with E-state index in [1.807, 2.05) is 30.3 Å². The summed E-state index contributed by atoms with van der Waals surface area (Å²) in [5, 5.41) is 11.3. The fourth-order valence-corrected chi connectivity index (χ4v) is 3.49. The SMILES string of the molecule is C=C(Nc1cccc(Oc2ncnc3cc(C)c(CC)cc23)c1)Nc1cc(C(C)(C)C)on1. The fourth-order valence-electron chi connectivity index (χ4n) is 3.49. The molecule has 0 radical (unpaired) electrons. The molecule has 0 bridgehead atoms. The molecule has 0 saturated carbocycles. The molecule has 0 atom stereocenters. The Labute approximate surface area is 193 Å². The minimum absolute atomic E-state index is 0.116. The average Bonchev–Trinajstić information content (AvgIpc) is 3.22. The number of hydrogen-bond donors (Lipinski definition) is 2. The predicted octanol–water partition coefficient (Wildman–Crippen LogP) is 6.57. The van der Waals surface area contributed by atoms with Crippen molar-refractivity contribution in [3.8, 4) is 11.6 Å². The van der Waals surface area contributed by atoms with E-state index >= 15 is 0 Å². The number of nitrogens with one attached hydrogen (secondary N) is 2. The number of rotatable bonds is 7. The Bertz CT molecular complexity index is 1300. The van der Waals surface area contributed by atoms with Gasteiger partial charge in [0, 0.05) is 23.2 Å². The molecule has 2 aromatic carbocycles. The van der Waals surface area contributed by atoms with Gasteiger partial charge in [-0.2, -0.15) is 0 Å². The Hall–Kier alpha value is -3.87. The minimum atomic E-state index is -0.116. The maximum Gasteiger partial charge on any atom is 0.230 e. The van der Waals surface area contributed by atoms with Crippen LogP contribution in [0.4, 0.5) is 11.5 Å². The summed E-state index contributed by atoms with van der Waals surface area (Å²) < 4.78 is 11.6. The second kappa shape index (κ2) is 8.94. The Morgan fingerprint density at radius 2 is 1.91 bits per heavy atom. The van der Waals surface area contributed by atoms with Crippen LogP contribution in [-0.4, -0.2) is 15.1 Å². The minimum Gasteiger partial charge on any atom is -0.438 e. The molecule has 170 valence electrons. The molecule has 0 saturated heterocycles. The zero-order valence-electron chi connectivity index (χ0n) is 19.7. The Kier molecular flexibility index (Phi) is 6.05. The number of aryl methyl sites for hydroxylation is 2. The normalized spacial score (nSPS) is 11.4. The molecule has 7 nitrogen and oxygen atoms in total. The smallest absolute Gasteiger partial charge is 0.230 e. The van der Waals surface area contributed by atoms with E-state index in [0.717, 1.165) is 28.8 Å². The molecule has 0 aliphatic heterocycles. The summed E-state index contributed by atoms with van der Waals surface area (Å²) >= 11 is 0. The van der Waals surface area contributed by atoms with Crippen molar-refractivity contribution in [2.45, 2.75) is 46.5 Å². The Morgan fingerprint density at radius 1 is 1.09 bits per heavy atom. The largest absolute Gasteiger partial charge is 0.438 e. The van der Waals surface area contributed by atoms with Gasteiger partial charge in [0.25, 0.3) is 0 Å². The lowest BCUT2D eigenvalue weighted by Crippen LogP contribution is -2.10. The number of aromatic nitrogens is 3. The van der Waals surface area contributed by atoms with Crippen LogP contribution >= 0.6 is 0 Å². The number of benzene rings is 2. The highest BCUT2D eigenvalue weighted by atomic mass is 16.5. The van der Waals surface area contributed by atoms with E-state index in [-0.39, 0.29) is 5.41 Å². The molecular weight excluding hydrogens is 414 g/mol. The van der Waals surface area contributed by atoms with Crippen LogP contribution in [0, 0.1) is 6.92 Å². The summed E-state index contributed by atoms with van der Waals surface area (Å²) in [6.45, 7) is 14.5. The average molecular weight is 444 g/mol. The Balaban J connectivity index is 1.49. The zero-order valence-corrected chi connectivity index (χ0v) is 19.7. The summed E-state index contributed by atoms with van der Waals surface area (Å²) in [7, 11) is 0. The highest BCUT2D eigenvalue weighted by Crippen LogP contribution is 2.30. The third-order valence-electron chi connectivity index (χ3n) is 5.31. The molecule has 0 aliphatic carbocycles. The van der Waals surface area contributed by atoms with E-state index < -0.39 is 0 Å². The molecule has 4 rings (SSSR count). The van der Waals surface area contributed by atoms with Crippen molar-refractivity contribution in [2.75, 3.05) is 10.6 Å². The number of hydrogen-bond acceptors (Lipinski definition) is 7. The third kappa shape index (κ3) is 5.14. The van der Waals surface area contributed by atoms with Gasteiger partial charge in [-0.1, -0.05) is 45.5 Å². The number of fused-ring (bicyclic) bond motifs is 1. The number of anilines is 2. The third-order valence-corrected chi connectivity index (χ3v) is 5.31. The first-order valence-electron chi connectivity index (χ1n) is 10.9. The summed E-state index contributed by atoms with van der Waals surface area (Å²) in [5.41, 5.74) is 4.03. The van der Waals surface area contributed by atoms with Crippen LogP contribution in [0.15, 0.2) is 65.7 Å². The lowest BCUT2D eigenvalue weighted by molar-refractivity contribution is 0.331. The second-order valence-electron chi connectivity index (χ2n) is 9.01. The van der Waals surface area contributed by atoms with E-state index in [0.29, 0.717) is 23.3 Å². The van der Waals surface area contributed by atoms with Crippen molar-refractivity contribution < 1.29 is 9.26 Å². The zero-order chi connectivity index (χ0) is 23.6. The monoisotopic (exact) mass is 443 g/mol. The summed E-state index contributed by atoms with van der Waals surface area (Å²) in [4.78, 5) is 8.77. The van der Waals surface area contributed by atoms with E-state index in [1.54, 1.807) is 0 Å². The van der Waals surface area contributed by atoms with E-state index in [4.69, 9.17) is 9.26 Å². The molecule has 2 heterocycles. The maximum absolute atomic E-state index is 6.14. The van der Waals surface area contributed by atoms with Gasteiger partial charge < -0.3 is 19.9 Å². The first kappa shape index (κ1) is 22.3. The topological polar surface area (TPSA) is 85.1 Å². The predicted molar refractivity (Wildman–Crippen MR) is 132 cm³/mol. The van der Waals surface area contributed by atoms with E-state index in [9.17, 15) is 0 Å².